The van der Waals surface area contributed by atoms with Gasteiger partial charge in [0, 0.05) is 43.3 Å². The number of carbonyl (C=O) groups is 2. The number of pyridine rings is 1. The van der Waals surface area contributed by atoms with Crippen molar-refractivity contribution in [2.45, 2.75) is 71.7 Å². The van der Waals surface area contributed by atoms with Crippen molar-refractivity contribution in [3.05, 3.63) is 52.1 Å². The third-order valence-corrected chi connectivity index (χ3v) is 9.69. The predicted octanol–water partition coefficient (Wildman–Crippen LogP) is 3.90. The number of hydrogen-bond acceptors (Lipinski definition) is 11. The molecule has 2 saturated carbocycles. The maximum Gasteiger partial charge on any atom is 0.347 e. The summed E-state index contributed by atoms with van der Waals surface area (Å²) in [5.41, 5.74) is -1.95. The molecule has 0 aromatic carbocycles. The second-order valence-electron chi connectivity index (χ2n) is 12.1. The first kappa shape index (κ1) is 30.0. The van der Waals surface area contributed by atoms with Crippen LogP contribution in [-0.2, 0) is 33.4 Å². The van der Waals surface area contributed by atoms with E-state index in [1.165, 1.54) is 13.8 Å². The molecule has 0 spiro atoms. The Balaban J connectivity index is 1.68. The Kier molecular flexibility index (Phi) is 7.38. The molecule has 0 saturated heterocycles. The van der Waals surface area contributed by atoms with Gasteiger partial charge in [0.05, 0.1) is 12.9 Å². The van der Waals surface area contributed by atoms with E-state index in [-0.39, 0.29) is 30.1 Å². The van der Waals surface area contributed by atoms with Gasteiger partial charge in [0.25, 0.3) is 10.1 Å². The summed E-state index contributed by atoms with van der Waals surface area (Å²) in [4.78, 5) is 41.9. The van der Waals surface area contributed by atoms with Gasteiger partial charge < -0.3 is 18.6 Å². The van der Waals surface area contributed by atoms with Crippen molar-refractivity contribution in [2.75, 3.05) is 12.9 Å². The minimum absolute atomic E-state index is 0.217. The van der Waals surface area contributed by atoms with Crippen LogP contribution in [0, 0.1) is 16.7 Å². The van der Waals surface area contributed by atoms with E-state index in [4.69, 9.17) is 22.8 Å². The van der Waals surface area contributed by atoms with Gasteiger partial charge in [-0.2, -0.15) is 8.42 Å². The van der Waals surface area contributed by atoms with Crippen LogP contribution in [0.5, 0.6) is 5.75 Å². The molecule has 1 aliphatic heterocycles. The molecule has 0 radical (unpaired) electrons. The number of nitrogens with zero attached hydrogens (tertiary/aromatic N) is 1. The molecule has 5 rings (SSSR count). The standard InChI is InChI=1S/C30H35NO10S/c1-17(32)38-25-9-10-28(3)23(29(25,4)16-37-42(6,35)36)14-26(39-18(2)33)30(5)24(28)12-20-22(41-30)13-21(40-27(20)34)19-8-7-11-31-15-19/h7-8,11-13,15,23,25-26H,9-10,14,16H2,1-6H3/t23-,25+,26+,28+,29+,30+/m1/s1. The summed E-state index contributed by atoms with van der Waals surface area (Å²) in [6, 6.07) is 5.12. The zero-order valence-electron chi connectivity index (χ0n) is 24.5. The van der Waals surface area contributed by atoms with Crippen LogP contribution >= 0.6 is 0 Å². The lowest BCUT2D eigenvalue weighted by atomic mass is 9.45. The predicted molar refractivity (Wildman–Crippen MR) is 151 cm³/mol. The third-order valence-electron chi connectivity index (χ3n) is 9.15. The number of fused-ring (bicyclic) bond motifs is 4. The van der Waals surface area contributed by atoms with Gasteiger partial charge >= 0.3 is 17.6 Å². The van der Waals surface area contributed by atoms with Crippen LogP contribution in [0.4, 0.5) is 0 Å². The molecule has 226 valence electrons. The third kappa shape index (κ3) is 5.15. The lowest BCUT2D eigenvalue weighted by Crippen LogP contribution is -2.66. The molecule has 2 fully saturated rings. The fourth-order valence-electron chi connectivity index (χ4n) is 7.25. The fourth-order valence-corrected chi connectivity index (χ4v) is 7.72. The molecule has 6 atom stereocenters. The summed E-state index contributed by atoms with van der Waals surface area (Å²) >= 11 is 0. The molecule has 12 heteroatoms. The SMILES string of the molecule is CC(=O)O[C@H]1CC[C@]2(C)C3=Cc4c(cc(-c5cccnc5)oc4=O)O[C@]3(C)[C@@H](OC(C)=O)C[C@H]2[C@]1(C)COS(C)(=O)=O. The van der Waals surface area contributed by atoms with Crippen molar-refractivity contribution >= 4 is 28.1 Å². The smallest absolute Gasteiger partial charge is 0.347 e. The highest BCUT2D eigenvalue weighted by Gasteiger charge is 2.66. The molecule has 2 aliphatic carbocycles. The second-order valence-corrected chi connectivity index (χ2v) is 13.7. The normalized spacial score (nSPS) is 31.9. The molecule has 0 N–H and O–H groups in total. The average Bonchev–Trinajstić information content (AvgIpc) is 2.90. The van der Waals surface area contributed by atoms with E-state index in [9.17, 15) is 22.8 Å². The Bertz CT molecular complexity index is 1620. The summed E-state index contributed by atoms with van der Waals surface area (Å²) in [6.07, 6.45) is 5.61. The number of rotatable bonds is 6. The Labute approximate surface area is 244 Å². The number of aromatic nitrogens is 1. The van der Waals surface area contributed by atoms with E-state index < -0.39 is 62.2 Å². The van der Waals surface area contributed by atoms with Crippen molar-refractivity contribution in [2.24, 2.45) is 16.7 Å². The zero-order valence-corrected chi connectivity index (χ0v) is 25.3. The molecular formula is C30H35NO10S. The van der Waals surface area contributed by atoms with E-state index in [0.29, 0.717) is 24.0 Å². The summed E-state index contributed by atoms with van der Waals surface area (Å²) in [5, 5.41) is 0. The highest BCUT2D eigenvalue weighted by Crippen LogP contribution is 2.65. The minimum atomic E-state index is -3.84. The fraction of sp³-hybridized carbons (Fsp3) is 0.533. The van der Waals surface area contributed by atoms with E-state index in [2.05, 4.69) is 4.98 Å². The maximum absolute atomic E-state index is 13.3. The summed E-state index contributed by atoms with van der Waals surface area (Å²) in [7, 11) is -3.84. The average molecular weight is 602 g/mol. The van der Waals surface area contributed by atoms with Crippen LogP contribution in [0.3, 0.4) is 0 Å². The van der Waals surface area contributed by atoms with E-state index in [0.717, 1.165) is 6.26 Å². The van der Waals surface area contributed by atoms with E-state index in [1.54, 1.807) is 36.7 Å². The van der Waals surface area contributed by atoms with Crippen LogP contribution in [0.25, 0.3) is 17.4 Å². The highest BCUT2D eigenvalue weighted by atomic mass is 32.2. The number of hydrogen-bond donors (Lipinski definition) is 0. The van der Waals surface area contributed by atoms with E-state index >= 15 is 0 Å². The van der Waals surface area contributed by atoms with Crippen LogP contribution in [0.2, 0.25) is 0 Å². The lowest BCUT2D eigenvalue weighted by Gasteiger charge is -2.63. The Morgan fingerprint density at radius 1 is 1.12 bits per heavy atom. The van der Waals surface area contributed by atoms with Crippen molar-refractivity contribution in [1.29, 1.82) is 0 Å². The van der Waals surface area contributed by atoms with Crippen LogP contribution in [0.15, 0.2) is 45.4 Å². The molecule has 0 amide bonds. The van der Waals surface area contributed by atoms with Gasteiger partial charge in [-0.3, -0.25) is 18.8 Å². The second kappa shape index (κ2) is 10.3. The monoisotopic (exact) mass is 601 g/mol. The topological polar surface area (TPSA) is 148 Å². The molecule has 0 unspecified atom stereocenters. The molecule has 3 heterocycles. The molecule has 2 aromatic heterocycles. The van der Waals surface area contributed by atoms with Gasteiger partial charge in [0.1, 0.15) is 29.3 Å². The summed E-state index contributed by atoms with van der Waals surface area (Å²) in [5.74, 6) is -0.859. The molecule has 2 aromatic rings. The van der Waals surface area contributed by atoms with Gasteiger partial charge in [-0.25, -0.2) is 4.79 Å². The van der Waals surface area contributed by atoms with Crippen molar-refractivity contribution in [3.63, 3.8) is 0 Å². The first-order valence-corrected chi connectivity index (χ1v) is 15.6. The van der Waals surface area contributed by atoms with E-state index in [1.807, 2.05) is 20.8 Å². The number of esters is 2. The largest absolute Gasteiger partial charge is 0.478 e. The van der Waals surface area contributed by atoms with Gasteiger partial charge in [0.2, 0.25) is 0 Å². The highest BCUT2D eigenvalue weighted by molar-refractivity contribution is 7.85. The Hall–Kier alpha value is -3.51. The van der Waals surface area contributed by atoms with Crippen molar-refractivity contribution in [1.82, 2.24) is 4.98 Å². The summed E-state index contributed by atoms with van der Waals surface area (Å²) < 4.78 is 53.4. The van der Waals surface area contributed by atoms with Crippen LogP contribution in [-0.4, -0.2) is 56.0 Å². The Morgan fingerprint density at radius 2 is 1.81 bits per heavy atom. The molecule has 42 heavy (non-hydrogen) atoms. The van der Waals surface area contributed by atoms with Gasteiger partial charge in [-0.15, -0.1) is 0 Å². The van der Waals surface area contributed by atoms with Crippen LogP contribution in [0.1, 0.15) is 59.4 Å². The van der Waals surface area contributed by atoms with Crippen LogP contribution < -0.4 is 10.4 Å². The zero-order chi connectivity index (χ0) is 30.7. The maximum atomic E-state index is 13.3. The minimum Gasteiger partial charge on any atom is -0.478 e. The first-order chi connectivity index (χ1) is 19.6. The summed E-state index contributed by atoms with van der Waals surface area (Å²) in [6.45, 7) is 8.04. The van der Waals surface area contributed by atoms with Crippen molar-refractivity contribution in [3.8, 4) is 17.1 Å². The molecule has 11 nitrogen and oxygen atoms in total. The number of ether oxygens (including phenoxy) is 3. The molecule has 0 bridgehead atoms. The Morgan fingerprint density at radius 3 is 2.43 bits per heavy atom. The number of carbonyl (C=O) groups excluding carboxylic acids is 2. The van der Waals surface area contributed by atoms with Gasteiger partial charge in [-0.1, -0.05) is 13.8 Å². The molecule has 3 aliphatic rings. The quantitative estimate of drug-likeness (QED) is 0.351. The van der Waals surface area contributed by atoms with Gasteiger partial charge in [-0.05, 0) is 61.3 Å². The van der Waals surface area contributed by atoms with Gasteiger partial charge in [0.15, 0.2) is 5.60 Å². The lowest BCUT2D eigenvalue weighted by molar-refractivity contribution is -0.198. The van der Waals surface area contributed by atoms with Crippen molar-refractivity contribution < 1.29 is 40.8 Å². The molecular weight excluding hydrogens is 566 g/mol. The first-order valence-electron chi connectivity index (χ1n) is 13.8.